The summed E-state index contributed by atoms with van der Waals surface area (Å²) >= 11 is 7.70. The molecule has 0 spiro atoms. The van der Waals surface area contributed by atoms with Crippen LogP contribution < -0.4 is 9.47 Å². The molecule has 1 aliphatic heterocycles. The lowest BCUT2D eigenvalue weighted by molar-refractivity contribution is 0.174. The van der Waals surface area contributed by atoms with E-state index in [0.717, 1.165) is 11.3 Å². The molecule has 1 aromatic carbocycles. The molecular formula is C14H11ClN4O3S. The Balaban J connectivity index is 1.48. The SMILES string of the molecule is Clc1cc(CSc2nnnn2Cc2ccco2)cc2c1OCO2. The highest BCUT2D eigenvalue weighted by atomic mass is 35.5. The minimum Gasteiger partial charge on any atom is -0.467 e. The van der Waals surface area contributed by atoms with Gasteiger partial charge >= 0.3 is 0 Å². The van der Waals surface area contributed by atoms with Gasteiger partial charge in [-0.2, -0.15) is 0 Å². The molecule has 0 saturated carbocycles. The Morgan fingerprint density at radius 1 is 1.30 bits per heavy atom. The molecule has 3 aromatic rings. The Morgan fingerprint density at radius 2 is 2.26 bits per heavy atom. The van der Waals surface area contributed by atoms with E-state index in [0.29, 0.717) is 34.0 Å². The number of furan rings is 1. The number of fused-ring (bicyclic) bond motifs is 1. The molecule has 0 atom stereocenters. The molecular weight excluding hydrogens is 340 g/mol. The molecule has 0 N–H and O–H groups in total. The minimum absolute atomic E-state index is 0.201. The van der Waals surface area contributed by atoms with Crippen LogP contribution in [-0.2, 0) is 12.3 Å². The third-order valence-electron chi connectivity index (χ3n) is 3.24. The van der Waals surface area contributed by atoms with Crippen molar-refractivity contribution in [2.24, 2.45) is 0 Å². The zero-order valence-corrected chi connectivity index (χ0v) is 13.4. The van der Waals surface area contributed by atoms with Crippen molar-refractivity contribution < 1.29 is 13.9 Å². The number of aromatic nitrogens is 4. The van der Waals surface area contributed by atoms with Crippen molar-refractivity contribution in [2.75, 3.05) is 6.79 Å². The summed E-state index contributed by atoms with van der Waals surface area (Å²) < 4.78 is 17.7. The van der Waals surface area contributed by atoms with Crippen LogP contribution in [-0.4, -0.2) is 27.0 Å². The molecule has 3 heterocycles. The van der Waals surface area contributed by atoms with Gasteiger partial charge in [0, 0.05) is 5.75 Å². The second-order valence-corrected chi connectivity index (χ2v) is 6.15. The number of hydrogen-bond acceptors (Lipinski definition) is 7. The third-order valence-corrected chi connectivity index (χ3v) is 4.55. The van der Waals surface area contributed by atoms with Crippen LogP contribution in [0.5, 0.6) is 11.5 Å². The van der Waals surface area contributed by atoms with Crippen molar-refractivity contribution in [1.82, 2.24) is 20.2 Å². The lowest BCUT2D eigenvalue weighted by Gasteiger charge is -2.05. The number of tetrazole rings is 1. The van der Waals surface area contributed by atoms with Gasteiger partial charge in [0.05, 0.1) is 11.3 Å². The fourth-order valence-electron chi connectivity index (χ4n) is 2.20. The predicted octanol–water partition coefficient (Wildman–Crippen LogP) is 2.99. The fourth-order valence-corrected chi connectivity index (χ4v) is 3.30. The zero-order chi connectivity index (χ0) is 15.6. The Labute approximate surface area is 140 Å². The second kappa shape index (κ2) is 6.13. The molecule has 0 bridgehead atoms. The monoisotopic (exact) mass is 350 g/mol. The van der Waals surface area contributed by atoms with Gasteiger partial charge in [0.1, 0.15) is 12.3 Å². The number of halogens is 1. The van der Waals surface area contributed by atoms with E-state index in [1.807, 2.05) is 24.3 Å². The van der Waals surface area contributed by atoms with Crippen molar-refractivity contribution in [2.45, 2.75) is 17.5 Å². The van der Waals surface area contributed by atoms with E-state index in [1.165, 1.54) is 11.8 Å². The first-order valence-electron chi connectivity index (χ1n) is 6.79. The quantitative estimate of drug-likeness (QED) is 0.655. The van der Waals surface area contributed by atoms with E-state index in [1.54, 1.807) is 10.9 Å². The first kappa shape index (κ1) is 14.4. The standard InChI is InChI=1S/C14H11ClN4O3S/c15-11-4-9(5-12-13(11)22-8-21-12)7-23-14-16-17-18-19(14)6-10-2-1-3-20-10/h1-5H,6-8H2. The number of ether oxygens (including phenoxy) is 2. The number of rotatable bonds is 5. The largest absolute Gasteiger partial charge is 0.467 e. The molecule has 0 unspecified atom stereocenters. The molecule has 0 aliphatic carbocycles. The van der Waals surface area contributed by atoms with Gasteiger partial charge < -0.3 is 13.9 Å². The molecule has 1 aliphatic rings. The lowest BCUT2D eigenvalue weighted by Crippen LogP contribution is -2.03. The highest BCUT2D eigenvalue weighted by Crippen LogP contribution is 2.40. The van der Waals surface area contributed by atoms with Gasteiger partial charge in [-0.05, 0) is 40.3 Å². The van der Waals surface area contributed by atoms with E-state index >= 15 is 0 Å². The molecule has 23 heavy (non-hydrogen) atoms. The van der Waals surface area contributed by atoms with Crippen LogP contribution in [0, 0.1) is 0 Å². The van der Waals surface area contributed by atoms with Crippen molar-refractivity contribution in [3.8, 4) is 11.5 Å². The van der Waals surface area contributed by atoms with Gasteiger partial charge in [0.2, 0.25) is 11.9 Å². The Hall–Kier alpha value is -2.19. The van der Waals surface area contributed by atoms with Crippen LogP contribution in [0.15, 0.2) is 40.1 Å². The van der Waals surface area contributed by atoms with Crippen LogP contribution in [0.1, 0.15) is 11.3 Å². The first-order chi connectivity index (χ1) is 11.3. The van der Waals surface area contributed by atoms with Gasteiger partial charge in [-0.15, -0.1) is 5.10 Å². The third kappa shape index (κ3) is 2.99. The molecule has 7 nitrogen and oxygen atoms in total. The van der Waals surface area contributed by atoms with Crippen LogP contribution in [0.25, 0.3) is 0 Å². The van der Waals surface area contributed by atoms with Crippen LogP contribution in [0.2, 0.25) is 5.02 Å². The van der Waals surface area contributed by atoms with Crippen molar-refractivity contribution in [3.05, 3.63) is 46.9 Å². The highest BCUT2D eigenvalue weighted by Gasteiger charge is 2.18. The van der Waals surface area contributed by atoms with Gasteiger partial charge in [-0.1, -0.05) is 23.4 Å². The second-order valence-electron chi connectivity index (χ2n) is 4.80. The summed E-state index contributed by atoms with van der Waals surface area (Å²) in [5, 5.41) is 13.0. The van der Waals surface area contributed by atoms with Crippen LogP contribution >= 0.6 is 23.4 Å². The number of thioether (sulfide) groups is 1. The van der Waals surface area contributed by atoms with E-state index in [9.17, 15) is 0 Å². The molecule has 0 amide bonds. The molecule has 9 heteroatoms. The average Bonchev–Trinajstić information content (AvgIpc) is 3.27. The zero-order valence-electron chi connectivity index (χ0n) is 11.8. The van der Waals surface area contributed by atoms with Crippen LogP contribution in [0.4, 0.5) is 0 Å². The maximum atomic E-state index is 6.19. The van der Waals surface area contributed by atoms with Gasteiger partial charge in [-0.3, -0.25) is 0 Å². The first-order valence-corrected chi connectivity index (χ1v) is 8.15. The predicted molar refractivity (Wildman–Crippen MR) is 82.8 cm³/mol. The number of benzene rings is 1. The molecule has 0 saturated heterocycles. The summed E-state index contributed by atoms with van der Waals surface area (Å²) in [5.74, 6) is 2.73. The molecule has 4 rings (SSSR count). The fraction of sp³-hybridized carbons (Fsp3) is 0.214. The van der Waals surface area contributed by atoms with E-state index in [2.05, 4.69) is 15.5 Å². The van der Waals surface area contributed by atoms with E-state index in [-0.39, 0.29) is 6.79 Å². The molecule has 2 aromatic heterocycles. The van der Waals surface area contributed by atoms with Gasteiger partial charge in [-0.25, -0.2) is 4.68 Å². The summed E-state index contributed by atoms with van der Waals surface area (Å²) in [6.07, 6.45) is 1.63. The normalized spacial score (nSPS) is 12.7. The van der Waals surface area contributed by atoms with Crippen LogP contribution in [0.3, 0.4) is 0 Å². The number of hydrogen-bond donors (Lipinski definition) is 0. The van der Waals surface area contributed by atoms with E-state index < -0.39 is 0 Å². The summed E-state index contributed by atoms with van der Waals surface area (Å²) in [4.78, 5) is 0. The summed E-state index contributed by atoms with van der Waals surface area (Å²) in [6.45, 7) is 0.692. The minimum atomic E-state index is 0.201. The Kier molecular flexibility index (Phi) is 3.84. The van der Waals surface area contributed by atoms with Crippen molar-refractivity contribution in [3.63, 3.8) is 0 Å². The average molecular weight is 351 g/mol. The summed E-state index contributed by atoms with van der Waals surface area (Å²) in [5.41, 5.74) is 1.01. The maximum absolute atomic E-state index is 6.19. The van der Waals surface area contributed by atoms with Crippen molar-refractivity contribution >= 4 is 23.4 Å². The number of nitrogens with zero attached hydrogens (tertiary/aromatic N) is 4. The smallest absolute Gasteiger partial charge is 0.231 e. The lowest BCUT2D eigenvalue weighted by atomic mass is 10.2. The van der Waals surface area contributed by atoms with Gasteiger partial charge in [0.15, 0.2) is 11.5 Å². The van der Waals surface area contributed by atoms with E-state index in [4.69, 9.17) is 25.5 Å². The molecule has 0 fully saturated rings. The van der Waals surface area contributed by atoms with Crippen molar-refractivity contribution in [1.29, 1.82) is 0 Å². The Bertz CT molecular complexity index is 822. The highest BCUT2D eigenvalue weighted by molar-refractivity contribution is 7.98. The topological polar surface area (TPSA) is 75.2 Å². The molecule has 0 radical (unpaired) electrons. The Morgan fingerprint density at radius 3 is 3.13 bits per heavy atom. The molecule has 118 valence electrons. The summed E-state index contributed by atoms with van der Waals surface area (Å²) in [7, 11) is 0. The summed E-state index contributed by atoms with van der Waals surface area (Å²) in [6, 6.07) is 7.50. The maximum Gasteiger partial charge on any atom is 0.231 e. The van der Waals surface area contributed by atoms with Gasteiger partial charge in [0.25, 0.3) is 0 Å².